The molecule has 7 nitrogen and oxygen atoms in total. The van der Waals surface area contributed by atoms with Gasteiger partial charge in [-0.2, -0.15) is 0 Å². The molecule has 25 heavy (non-hydrogen) atoms. The number of aliphatic hydroxyl groups excluding tert-OH is 1. The molecule has 0 fully saturated rings. The largest absolute Gasteiger partial charge is 0.465 e. The van der Waals surface area contributed by atoms with Gasteiger partial charge in [0.05, 0.1) is 18.6 Å². The molecule has 0 aliphatic rings. The second-order valence-electron chi connectivity index (χ2n) is 6.87. The fourth-order valence-corrected chi connectivity index (χ4v) is 2.26. The van der Waals surface area contributed by atoms with E-state index in [1.807, 2.05) is 6.92 Å². The molecule has 1 unspecified atom stereocenters. The molecule has 0 aliphatic carbocycles. The van der Waals surface area contributed by atoms with E-state index in [9.17, 15) is 14.7 Å². The molecule has 1 aromatic rings. The number of carbonyl (C=O) groups excluding carboxylic acids is 2. The molecule has 140 valence electrons. The van der Waals surface area contributed by atoms with E-state index in [-0.39, 0.29) is 13.2 Å². The van der Waals surface area contributed by atoms with Gasteiger partial charge in [-0.1, -0.05) is 13.0 Å². The molecular formula is C18H28N2O5. The van der Waals surface area contributed by atoms with Crippen LogP contribution in [0.1, 0.15) is 46.6 Å². The maximum Gasteiger partial charge on any atom is 0.413 e. The number of pyridine rings is 1. The van der Waals surface area contributed by atoms with Gasteiger partial charge < -0.3 is 14.6 Å². The van der Waals surface area contributed by atoms with Crippen LogP contribution in [-0.4, -0.2) is 41.0 Å². The fourth-order valence-electron chi connectivity index (χ4n) is 2.26. The predicted molar refractivity (Wildman–Crippen MR) is 94.2 cm³/mol. The lowest BCUT2D eigenvalue weighted by molar-refractivity contribution is -0.158. The van der Waals surface area contributed by atoms with Gasteiger partial charge in [0.15, 0.2) is 0 Å². The van der Waals surface area contributed by atoms with Crippen molar-refractivity contribution >= 4 is 17.9 Å². The van der Waals surface area contributed by atoms with Crippen LogP contribution in [0.3, 0.4) is 0 Å². The Morgan fingerprint density at radius 3 is 2.36 bits per heavy atom. The minimum absolute atomic E-state index is 0.261. The summed E-state index contributed by atoms with van der Waals surface area (Å²) in [4.78, 5) is 28.1. The summed E-state index contributed by atoms with van der Waals surface area (Å²) in [6.45, 7) is 8.85. The maximum absolute atomic E-state index is 12.2. The smallest absolute Gasteiger partial charge is 0.413 e. The first-order chi connectivity index (χ1) is 11.7. The second kappa shape index (κ2) is 8.80. The molecule has 7 heteroatoms. The lowest BCUT2D eigenvalue weighted by Gasteiger charge is -2.28. The SMILES string of the molecule is CCOC(=O)C(CC)(CO)Cc1ccc(NC(=O)OC(C)(C)C)nc1. The maximum atomic E-state index is 12.2. The lowest BCUT2D eigenvalue weighted by atomic mass is 9.80. The number of amides is 1. The van der Waals surface area contributed by atoms with Gasteiger partial charge in [-0.3, -0.25) is 10.1 Å². The highest BCUT2D eigenvalue weighted by atomic mass is 16.6. The highest BCUT2D eigenvalue weighted by molar-refractivity contribution is 5.83. The number of ether oxygens (including phenoxy) is 2. The molecule has 0 aromatic carbocycles. The Bertz CT molecular complexity index is 574. The quantitative estimate of drug-likeness (QED) is 0.732. The van der Waals surface area contributed by atoms with Crippen LogP contribution < -0.4 is 5.32 Å². The average molecular weight is 352 g/mol. The number of aliphatic hydroxyl groups is 1. The summed E-state index contributed by atoms with van der Waals surface area (Å²) < 4.78 is 10.3. The van der Waals surface area contributed by atoms with Crippen LogP contribution in [0.25, 0.3) is 0 Å². The number of anilines is 1. The van der Waals surface area contributed by atoms with Gasteiger partial charge in [0.2, 0.25) is 0 Å². The van der Waals surface area contributed by atoms with E-state index >= 15 is 0 Å². The number of hydrogen-bond acceptors (Lipinski definition) is 6. The van der Waals surface area contributed by atoms with E-state index in [1.54, 1.807) is 46.0 Å². The van der Waals surface area contributed by atoms with Crippen LogP contribution in [0.5, 0.6) is 0 Å². The Morgan fingerprint density at radius 2 is 1.92 bits per heavy atom. The first-order valence-corrected chi connectivity index (χ1v) is 8.39. The number of nitrogens with one attached hydrogen (secondary N) is 1. The van der Waals surface area contributed by atoms with Crippen molar-refractivity contribution in [3.8, 4) is 0 Å². The van der Waals surface area contributed by atoms with E-state index in [2.05, 4.69) is 10.3 Å². The Kier molecular flexibility index (Phi) is 7.36. The zero-order valence-electron chi connectivity index (χ0n) is 15.6. The minimum atomic E-state index is -0.988. The van der Waals surface area contributed by atoms with E-state index < -0.39 is 23.1 Å². The highest BCUT2D eigenvalue weighted by Crippen LogP contribution is 2.28. The van der Waals surface area contributed by atoms with Crippen molar-refractivity contribution in [1.82, 2.24) is 4.98 Å². The van der Waals surface area contributed by atoms with Crippen LogP contribution in [0.2, 0.25) is 0 Å². The van der Waals surface area contributed by atoms with E-state index in [0.717, 1.165) is 5.56 Å². The number of hydrogen-bond donors (Lipinski definition) is 2. The van der Waals surface area contributed by atoms with Crippen LogP contribution >= 0.6 is 0 Å². The Labute approximate surface area is 148 Å². The van der Waals surface area contributed by atoms with Crippen molar-refractivity contribution in [2.45, 2.75) is 53.1 Å². The number of esters is 1. The number of aromatic nitrogens is 1. The molecule has 2 N–H and O–H groups in total. The zero-order chi connectivity index (χ0) is 19.1. The van der Waals surface area contributed by atoms with Gasteiger partial charge in [0.25, 0.3) is 0 Å². The summed E-state index contributed by atoms with van der Waals surface area (Å²) in [6, 6.07) is 3.38. The van der Waals surface area contributed by atoms with Crippen LogP contribution in [0, 0.1) is 5.41 Å². The third-order valence-electron chi connectivity index (χ3n) is 3.68. The Balaban J connectivity index is 2.81. The van der Waals surface area contributed by atoms with E-state index in [4.69, 9.17) is 9.47 Å². The molecule has 0 radical (unpaired) electrons. The predicted octanol–water partition coefficient (Wildman–Crippen LogP) is 2.92. The Hall–Kier alpha value is -2.15. The van der Waals surface area contributed by atoms with E-state index in [1.165, 1.54) is 0 Å². The van der Waals surface area contributed by atoms with Crippen molar-refractivity contribution in [1.29, 1.82) is 0 Å². The summed E-state index contributed by atoms with van der Waals surface area (Å²) in [5, 5.41) is 12.3. The minimum Gasteiger partial charge on any atom is -0.465 e. The summed E-state index contributed by atoms with van der Waals surface area (Å²) in [5.41, 5.74) is -0.817. The molecule has 1 atom stereocenters. The van der Waals surface area contributed by atoms with Crippen molar-refractivity contribution < 1.29 is 24.2 Å². The first-order valence-electron chi connectivity index (χ1n) is 8.39. The van der Waals surface area contributed by atoms with Crippen LogP contribution in [0.15, 0.2) is 18.3 Å². The van der Waals surface area contributed by atoms with Crippen molar-refractivity contribution in [3.05, 3.63) is 23.9 Å². The molecule has 1 aromatic heterocycles. The molecule has 0 spiro atoms. The summed E-state index contributed by atoms with van der Waals surface area (Å²) >= 11 is 0. The average Bonchev–Trinajstić information content (AvgIpc) is 2.52. The van der Waals surface area contributed by atoms with Crippen molar-refractivity contribution in [3.63, 3.8) is 0 Å². The van der Waals surface area contributed by atoms with E-state index in [0.29, 0.717) is 18.7 Å². The van der Waals surface area contributed by atoms with Crippen molar-refractivity contribution in [2.24, 2.45) is 5.41 Å². The van der Waals surface area contributed by atoms with Crippen LogP contribution in [0.4, 0.5) is 10.6 Å². The summed E-state index contributed by atoms with van der Waals surface area (Å²) in [6.07, 6.45) is 1.72. The summed E-state index contributed by atoms with van der Waals surface area (Å²) in [7, 11) is 0. The van der Waals surface area contributed by atoms with Gasteiger partial charge in [0.1, 0.15) is 11.4 Å². The van der Waals surface area contributed by atoms with Gasteiger partial charge in [-0.25, -0.2) is 9.78 Å². The molecule has 0 aliphatic heterocycles. The molecule has 0 saturated heterocycles. The first kappa shape index (κ1) is 20.9. The van der Waals surface area contributed by atoms with Crippen molar-refractivity contribution in [2.75, 3.05) is 18.5 Å². The summed E-state index contributed by atoms with van der Waals surface area (Å²) in [5.74, 6) is -0.0730. The normalized spacial score (nSPS) is 13.7. The van der Waals surface area contributed by atoms with Gasteiger partial charge in [-0.05, 0) is 52.2 Å². The molecule has 1 rings (SSSR count). The molecule has 0 saturated carbocycles. The molecule has 1 amide bonds. The lowest BCUT2D eigenvalue weighted by Crippen LogP contribution is -2.38. The number of carbonyl (C=O) groups is 2. The number of rotatable bonds is 7. The topological polar surface area (TPSA) is 97.8 Å². The van der Waals surface area contributed by atoms with Gasteiger partial charge in [0, 0.05) is 6.20 Å². The monoisotopic (exact) mass is 352 g/mol. The standard InChI is InChI=1S/C18H28N2O5/c1-6-18(12-21,15(22)24-7-2)10-13-8-9-14(19-11-13)20-16(23)25-17(3,4)5/h8-9,11,21H,6-7,10,12H2,1-5H3,(H,19,20,23). The molecule has 1 heterocycles. The van der Waals surface area contributed by atoms with Gasteiger partial charge >= 0.3 is 12.1 Å². The Morgan fingerprint density at radius 1 is 1.24 bits per heavy atom. The second-order valence-corrected chi connectivity index (χ2v) is 6.87. The molecule has 0 bridgehead atoms. The molecular weight excluding hydrogens is 324 g/mol. The third-order valence-corrected chi connectivity index (χ3v) is 3.68. The van der Waals surface area contributed by atoms with Crippen LogP contribution in [-0.2, 0) is 20.7 Å². The third kappa shape index (κ3) is 6.34. The fraction of sp³-hybridized carbons (Fsp3) is 0.611. The highest BCUT2D eigenvalue weighted by Gasteiger charge is 2.38. The number of nitrogens with zero attached hydrogens (tertiary/aromatic N) is 1. The zero-order valence-corrected chi connectivity index (χ0v) is 15.6. The van der Waals surface area contributed by atoms with Gasteiger partial charge in [-0.15, -0.1) is 0 Å².